The number of imidazole rings is 1. The monoisotopic (exact) mass is 484 g/mol. The number of nitrogens with one attached hydrogen (secondary N) is 2. The number of aryl methyl sites for hydroxylation is 1. The first-order valence-electron chi connectivity index (χ1n) is 11.2. The number of nitrogens with zero attached hydrogens (tertiary/aromatic N) is 4. The quantitative estimate of drug-likeness (QED) is 0.554. The van der Waals surface area contributed by atoms with Crippen LogP contribution >= 0.6 is 11.6 Å². The number of carbonyl (C=O) groups is 2. The second kappa shape index (κ2) is 9.47. The summed E-state index contributed by atoms with van der Waals surface area (Å²) < 4.78 is 15.1. The van der Waals surface area contributed by atoms with Crippen molar-refractivity contribution in [1.29, 1.82) is 0 Å². The average Bonchev–Trinajstić information content (AvgIpc) is 3.48. The maximum atomic E-state index is 13.0. The molecule has 0 spiro atoms. The van der Waals surface area contributed by atoms with E-state index in [9.17, 15) is 9.59 Å². The third-order valence-corrected chi connectivity index (χ3v) is 6.52. The van der Waals surface area contributed by atoms with Gasteiger partial charge >= 0.3 is 0 Å². The summed E-state index contributed by atoms with van der Waals surface area (Å²) in [7, 11) is 1.54. The number of carbonyl (C=O) groups excluding carboxylic acids is 2. The van der Waals surface area contributed by atoms with Gasteiger partial charge in [-0.1, -0.05) is 17.7 Å². The highest BCUT2D eigenvalue weighted by atomic mass is 35.5. The van der Waals surface area contributed by atoms with E-state index in [2.05, 4.69) is 25.3 Å². The number of likely N-dealkylation sites (N-methyl/N-ethyl adjacent to an activating group) is 1. The normalized spacial score (nSPS) is 16.9. The molecule has 11 heteroatoms. The van der Waals surface area contributed by atoms with Crippen LogP contribution in [0.25, 0.3) is 5.69 Å². The first-order valence-corrected chi connectivity index (χ1v) is 11.6. The number of aromatic nitrogens is 4. The van der Waals surface area contributed by atoms with Crippen LogP contribution in [0.3, 0.4) is 0 Å². The molecule has 0 radical (unpaired) electrons. The van der Waals surface area contributed by atoms with Crippen molar-refractivity contribution >= 4 is 23.4 Å². The summed E-state index contributed by atoms with van der Waals surface area (Å²) in [4.78, 5) is 28.9. The van der Waals surface area contributed by atoms with Gasteiger partial charge in [-0.15, -0.1) is 0 Å². The van der Waals surface area contributed by atoms with Crippen LogP contribution in [0, 0.1) is 0 Å². The Balaban J connectivity index is 1.38. The van der Waals surface area contributed by atoms with Crippen molar-refractivity contribution in [3.8, 4) is 11.4 Å². The maximum Gasteiger partial charge on any atom is 0.272 e. The third-order valence-electron chi connectivity index (χ3n) is 6.14. The maximum absolute atomic E-state index is 13.0. The Labute approximate surface area is 201 Å². The Morgan fingerprint density at radius 1 is 1.29 bits per heavy atom. The molecule has 0 saturated heterocycles. The molecule has 2 N–H and O–H groups in total. The van der Waals surface area contributed by atoms with Crippen LogP contribution in [0.2, 0.25) is 5.02 Å². The van der Waals surface area contributed by atoms with Gasteiger partial charge in [0.25, 0.3) is 11.8 Å². The molecule has 0 aliphatic carbocycles. The Kier molecular flexibility index (Phi) is 6.25. The van der Waals surface area contributed by atoms with E-state index in [1.807, 2.05) is 6.07 Å². The van der Waals surface area contributed by atoms with Crippen LogP contribution in [0.1, 0.15) is 46.3 Å². The predicted octanol–water partition coefficient (Wildman–Crippen LogP) is 2.18. The fourth-order valence-corrected chi connectivity index (χ4v) is 4.62. The summed E-state index contributed by atoms with van der Waals surface area (Å²) >= 11 is 6.59. The highest BCUT2D eigenvalue weighted by molar-refractivity contribution is 6.33. The summed E-state index contributed by atoms with van der Waals surface area (Å²) in [5.74, 6) is -0.102. The molecule has 5 rings (SSSR count). The number of rotatable bonds is 6. The number of hydrogen-bond acceptors (Lipinski definition) is 6. The van der Waals surface area contributed by atoms with Crippen molar-refractivity contribution < 1.29 is 19.1 Å². The average molecular weight is 485 g/mol. The van der Waals surface area contributed by atoms with Crippen molar-refractivity contribution in [1.82, 2.24) is 30.0 Å². The van der Waals surface area contributed by atoms with Gasteiger partial charge in [0.05, 0.1) is 48.9 Å². The molecule has 0 saturated carbocycles. The fraction of sp³-hybridized carbons (Fsp3) is 0.391. The molecule has 34 heavy (non-hydrogen) atoms. The van der Waals surface area contributed by atoms with Crippen molar-refractivity contribution in [2.75, 3.05) is 20.3 Å². The van der Waals surface area contributed by atoms with E-state index in [1.54, 1.807) is 29.3 Å². The van der Waals surface area contributed by atoms with Gasteiger partial charge in [0.15, 0.2) is 6.61 Å². The van der Waals surface area contributed by atoms with Gasteiger partial charge in [0.2, 0.25) is 0 Å². The zero-order chi connectivity index (χ0) is 23.7. The Morgan fingerprint density at radius 2 is 2.18 bits per heavy atom. The van der Waals surface area contributed by atoms with Gasteiger partial charge in [0, 0.05) is 19.2 Å². The number of fused-ring (bicyclic) bond motifs is 2. The lowest BCUT2D eigenvalue weighted by atomic mass is 10.0. The van der Waals surface area contributed by atoms with E-state index in [0.717, 1.165) is 42.8 Å². The standard InChI is InChI=1S/C23H25ClN6O4/c1-25-20(31)12-34-19-7-4-6-16(21(19)24)30-18-11-33-10-15(14(18)9-27-30)28-23(32)22-17-5-2-3-8-29(17)13-26-22/h4,6-7,9,13,15H,2-3,5,8,10-12H2,1H3,(H,25,31)(H,28,32). The lowest BCUT2D eigenvalue weighted by Gasteiger charge is -2.25. The highest BCUT2D eigenvalue weighted by Gasteiger charge is 2.29. The minimum atomic E-state index is -0.364. The second-order valence-corrected chi connectivity index (χ2v) is 8.62. The van der Waals surface area contributed by atoms with E-state index in [1.165, 1.54) is 7.05 Å². The van der Waals surface area contributed by atoms with Crippen LogP contribution in [0.15, 0.2) is 30.7 Å². The Morgan fingerprint density at radius 3 is 3.03 bits per heavy atom. The SMILES string of the molecule is CNC(=O)COc1cccc(-n2ncc3c2COCC3NC(=O)c2ncn3c2CCCC3)c1Cl. The lowest BCUT2D eigenvalue weighted by molar-refractivity contribution is -0.122. The van der Waals surface area contributed by atoms with E-state index < -0.39 is 0 Å². The van der Waals surface area contributed by atoms with Crippen LogP contribution in [-0.2, 0) is 29.1 Å². The molecule has 0 fully saturated rings. The topological polar surface area (TPSA) is 112 Å². The Bertz CT molecular complexity index is 1240. The molecule has 178 valence electrons. The van der Waals surface area contributed by atoms with Gasteiger partial charge < -0.3 is 24.7 Å². The molecule has 2 amide bonds. The van der Waals surface area contributed by atoms with Crippen molar-refractivity contribution in [3.63, 3.8) is 0 Å². The van der Waals surface area contributed by atoms with Crippen molar-refractivity contribution in [2.24, 2.45) is 0 Å². The molecule has 0 bridgehead atoms. The molecule has 4 heterocycles. The number of hydrogen-bond donors (Lipinski definition) is 2. The summed E-state index contributed by atoms with van der Waals surface area (Å²) in [6, 6.07) is 4.91. The van der Waals surface area contributed by atoms with E-state index in [0.29, 0.717) is 35.4 Å². The number of amides is 2. The second-order valence-electron chi connectivity index (χ2n) is 8.24. The minimum absolute atomic E-state index is 0.147. The van der Waals surface area contributed by atoms with Crippen molar-refractivity contribution in [2.45, 2.75) is 38.5 Å². The molecule has 1 aromatic carbocycles. The van der Waals surface area contributed by atoms with Crippen LogP contribution in [0.5, 0.6) is 5.75 Å². The van der Waals surface area contributed by atoms with Crippen LogP contribution < -0.4 is 15.4 Å². The largest absolute Gasteiger partial charge is 0.482 e. The highest BCUT2D eigenvalue weighted by Crippen LogP contribution is 2.34. The van der Waals surface area contributed by atoms with Crippen LogP contribution in [0.4, 0.5) is 0 Å². The first-order chi connectivity index (χ1) is 16.6. The molecule has 1 unspecified atom stereocenters. The summed E-state index contributed by atoms with van der Waals surface area (Å²) in [6.07, 6.45) is 6.47. The lowest BCUT2D eigenvalue weighted by Crippen LogP contribution is -2.35. The third kappa shape index (κ3) is 4.14. The van der Waals surface area contributed by atoms with E-state index >= 15 is 0 Å². The van der Waals surface area contributed by atoms with Gasteiger partial charge in [-0.25, -0.2) is 9.67 Å². The number of benzene rings is 1. The molecule has 3 aromatic rings. The molecule has 2 aromatic heterocycles. The van der Waals surface area contributed by atoms with E-state index in [4.69, 9.17) is 21.1 Å². The fourth-order valence-electron chi connectivity index (χ4n) is 4.36. The molecular formula is C23H25ClN6O4. The molecule has 2 aliphatic rings. The summed E-state index contributed by atoms with van der Waals surface area (Å²) in [5, 5.41) is 10.4. The zero-order valence-electron chi connectivity index (χ0n) is 18.7. The van der Waals surface area contributed by atoms with Gasteiger partial charge in [0.1, 0.15) is 16.5 Å². The minimum Gasteiger partial charge on any atom is -0.482 e. The van der Waals surface area contributed by atoms with Gasteiger partial charge in [-0.05, 0) is 31.4 Å². The molecule has 1 atom stereocenters. The van der Waals surface area contributed by atoms with E-state index in [-0.39, 0.29) is 24.5 Å². The van der Waals surface area contributed by atoms with Gasteiger partial charge in [-0.2, -0.15) is 5.10 Å². The van der Waals surface area contributed by atoms with Crippen molar-refractivity contribution in [3.05, 3.63) is 58.4 Å². The van der Waals surface area contributed by atoms with Gasteiger partial charge in [-0.3, -0.25) is 9.59 Å². The summed E-state index contributed by atoms with van der Waals surface area (Å²) in [5.41, 5.74) is 3.70. The predicted molar refractivity (Wildman–Crippen MR) is 123 cm³/mol. The first kappa shape index (κ1) is 22.4. The zero-order valence-corrected chi connectivity index (χ0v) is 19.5. The molecule has 2 aliphatic heterocycles. The summed E-state index contributed by atoms with van der Waals surface area (Å²) in [6.45, 7) is 1.41. The molecule has 10 nitrogen and oxygen atoms in total. The number of ether oxygens (including phenoxy) is 2. The molecular weight excluding hydrogens is 460 g/mol. The number of halogens is 1. The smallest absolute Gasteiger partial charge is 0.272 e. The van der Waals surface area contributed by atoms with Crippen LogP contribution in [-0.4, -0.2) is 51.4 Å². The Hall–Kier alpha value is -3.37.